The second kappa shape index (κ2) is 10.2. The lowest BCUT2D eigenvalue weighted by atomic mass is 10.1. The van der Waals surface area contributed by atoms with Crippen LogP contribution in [0, 0.1) is 11.3 Å². The Morgan fingerprint density at radius 2 is 1.97 bits per heavy atom. The van der Waals surface area contributed by atoms with Crippen LogP contribution in [0.25, 0.3) is 6.08 Å². The molecule has 0 bridgehead atoms. The van der Waals surface area contributed by atoms with E-state index in [9.17, 15) is 10.1 Å². The Morgan fingerprint density at radius 3 is 2.62 bits per heavy atom. The van der Waals surface area contributed by atoms with E-state index in [4.69, 9.17) is 21.4 Å². The van der Waals surface area contributed by atoms with E-state index in [2.05, 4.69) is 16.0 Å². The third kappa shape index (κ3) is 4.97. The normalized spacial score (nSPS) is 18.2. The summed E-state index contributed by atoms with van der Waals surface area (Å²) < 4.78 is 11.6. The first kappa shape index (κ1) is 22.4. The van der Waals surface area contributed by atoms with Gasteiger partial charge in [0.05, 0.1) is 12.0 Å². The van der Waals surface area contributed by atoms with Gasteiger partial charge < -0.3 is 14.1 Å². The van der Waals surface area contributed by atoms with Crippen molar-refractivity contribution in [3.8, 4) is 11.8 Å². The molecule has 3 heterocycles. The van der Waals surface area contributed by atoms with Gasteiger partial charge in [-0.3, -0.25) is 9.69 Å². The van der Waals surface area contributed by atoms with Crippen LogP contribution >= 0.6 is 24.0 Å². The van der Waals surface area contributed by atoms with E-state index < -0.39 is 0 Å². The molecule has 1 aromatic carbocycles. The lowest BCUT2D eigenvalue weighted by molar-refractivity contribution is -0.122. The van der Waals surface area contributed by atoms with Gasteiger partial charge in [0.25, 0.3) is 5.91 Å². The average molecular weight is 469 g/mol. The predicted octanol–water partition coefficient (Wildman–Crippen LogP) is 4.38. The molecule has 0 unspecified atom stereocenters. The Labute approximate surface area is 197 Å². The second-order valence-corrected chi connectivity index (χ2v) is 9.33. The summed E-state index contributed by atoms with van der Waals surface area (Å²) in [5.74, 6) is 1.39. The molecule has 0 atom stereocenters. The molecular formula is C23H24N4O3S2. The maximum Gasteiger partial charge on any atom is 0.266 e. The number of aromatic nitrogens is 1. The monoisotopic (exact) mass is 468 g/mol. The molecular weight excluding hydrogens is 444 g/mol. The fourth-order valence-electron chi connectivity index (χ4n) is 3.79. The van der Waals surface area contributed by atoms with Gasteiger partial charge in [-0.1, -0.05) is 49.0 Å². The smallest absolute Gasteiger partial charge is 0.266 e. The van der Waals surface area contributed by atoms with Crippen molar-refractivity contribution in [1.29, 1.82) is 5.26 Å². The summed E-state index contributed by atoms with van der Waals surface area (Å²) in [7, 11) is 1.63. The van der Waals surface area contributed by atoms with Gasteiger partial charge in [0.1, 0.15) is 16.1 Å². The molecule has 0 radical (unpaired) electrons. The van der Waals surface area contributed by atoms with Crippen LogP contribution in [0.5, 0.6) is 5.75 Å². The number of carbonyl (C=O) groups is 1. The summed E-state index contributed by atoms with van der Waals surface area (Å²) in [6.07, 6.45) is 6.76. The first-order valence-electron chi connectivity index (χ1n) is 10.6. The highest BCUT2D eigenvalue weighted by Gasteiger charge is 2.32. The molecule has 0 saturated carbocycles. The van der Waals surface area contributed by atoms with Crippen molar-refractivity contribution in [3.05, 3.63) is 46.3 Å². The molecule has 7 nitrogen and oxygen atoms in total. The summed E-state index contributed by atoms with van der Waals surface area (Å²) in [6.45, 7) is 2.18. The summed E-state index contributed by atoms with van der Waals surface area (Å²) in [6, 6.07) is 9.88. The number of benzene rings is 1. The Kier molecular flexibility index (Phi) is 7.12. The van der Waals surface area contributed by atoms with Gasteiger partial charge in [-0.25, -0.2) is 0 Å². The van der Waals surface area contributed by atoms with Crippen molar-refractivity contribution in [2.75, 3.05) is 31.6 Å². The number of oxazole rings is 1. The van der Waals surface area contributed by atoms with Gasteiger partial charge >= 0.3 is 0 Å². The number of methoxy groups -OCH3 is 1. The van der Waals surface area contributed by atoms with E-state index in [1.54, 1.807) is 18.1 Å². The lowest BCUT2D eigenvalue weighted by Gasteiger charge is -2.18. The number of amides is 1. The molecule has 1 aromatic heterocycles. The highest BCUT2D eigenvalue weighted by Crippen LogP contribution is 2.34. The summed E-state index contributed by atoms with van der Waals surface area (Å²) in [5, 5.41) is 9.51. The van der Waals surface area contributed by atoms with Crippen LogP contribution in [-0.4, -0.2) is 46.9 Å². The van der Waals surface area contributed by atoms with E-state index in [1.807, 2.05) is 24.3 Å². The Balaban J connectivity index is 1.46. The molecule has 4 rings (SSSR count). The number of hydrogen-bond donors (Lipinski definition) is 0. The van der Waals surface area contributed by atoms with E-state index in [0.717, 1.165) is 37.2 Å². The number of anilines is 1. The van der Waals surface area contributed by atoms with Crippen molar-refractivity contribution < 1.29 is 13.9 Å². The molecule has 9 heteroatoms. The topological polar surface area (TPSA) is 82.6 Å². The Morgan fingerprint density at radius 1 is 1.25 bits per heavy atom. The number of rotatable bonds is 6. The minimum Gasteiger partial charge on any atom is -0.497 e. The molecule has 32 heavy (non-hydrogen) atoms. The Hall–Kier alpha value is -2.83. The van der Waals surface area contributed by atoms with Crippen molar-refractivity contribution >= 4 is 46.2 Å². The first-order chi connectivity index (χ1) is 15.6. The van der Waals surface area contributed by atoms with Crippen molar-refractivity contribution in [3.63, 3.8) is 0 Å². The molecule has 166 valence electrons. The van der Waals surface area contributed by atoms with Crippen molar-refractivity contribution in [2.45, 2.75) is 32.1 Å². The minimum absolute atomic E-state index is 0.165. The SMILES string of the molecule is COc1ccc(CCN2C(=O)/C(=C\c3nc(C#N)c(N4CCCCCC4)o3)SC2=S)cc1. The number of nitrogens with zero attached hydrogens (tertiary/aromatic N) is 4. The van der Waals surface area contributed by atoms with Crippen molar-refractivity contribution in [1.82, 2.24) is 9.88 Å². The number of hydrogen-bond acceptors (Lipinski definition) is 8. The average Bonchev–Trinajstić information content (AvgIpc) is 3.19. The van der Waals surface area contributed by atoms with Crippen LogP contribution in [0.3, 0.4) is 0 Å². The molecule has 2 aliphatic heterocycles. The van der Waals surface area contributed by atoms with Crippen LogP contribution in [0.2, 0.25) is 0 Å². The van der Waals surface area contributed by atoms with E-state index in [1.165, 1.54) is 24.6 Å². The highest BCUT2D eigenvalue weighted by molar-refractivity contribution is 8.26. The van der Waals surface area contributed by atoms with Crippen LogP contribution in [0.1, 0.15) is 42.8 Å². The number of thioether (sulfide) groups is 1. The third-order valence-corrected chi connectivity index (χ3v) is 6.91. The summed E-state index contributed by atoms with van der Waals surface area (Å²) in [4.78, 5) is 21.4. The molecule has 0 aliphatic carbocycles. The highest BCUT2D eigenvalue weighted by atomic mass is 32.2. The van der Waals surface area contributed by atoms with Crippen LogP contribution in [0.4, 0.5) is 5.88 Å². The summed E-state index contributed by atoms with van der Waals surface area (Å²) >= 11 is 6.66. The van der Waals surface area contributed by atoms with E-state index >= 15 is 0 Å². The zero-order valence-corrected chi connectivity index (χ0v) is 19.5. The largest absolute Gasteiger partial charge is 0.497 e. The number of ether oxygens (including phenoxy) is 1. The van der Waals surface area contributed by atoms with Crippen molar-refractivity contribution in [2.24, 2.45) is 0 Å². The fourth-order valence-corrected chi connectivity index (χ4v) is 5.06. The van der Waals surface area contributed by atoms with Gasteiger partial charge in [-0.05, 0) is 37.0 Å². The molecule has 0 N–H and O–H groups in total. The van der Waals surface area contributed by atoms with Gasteiger partial charge in [0, 0.05) is 25.7 Å². The lowest BCUT2D eigenvalue weighted by Crippen LogP contribution is -2.30. The number of thiocarbonyl (C=S) groups is 1. The molecule has 2 fully saturated rings. The molecule has 2 aromatic rings. The quantitative estimate of drug-likeness (QED) is 0.456. The minimum atomic E-state index is -0.165. The molecule has 0 spiro atoms. The predicted molar refractivity (Wildman–Crippen MR) is 128 cm³/mol. The Bertz CT molecular complexity index is 1060. The maximum absolute atomic E-state index is 12.9. The number of nitriles is 1. The maximum atomic E-state index is 12.9. The standard InChI is InChI=1S/C23H24N4O3S2/c1-29-17-8-6-16(7-9-17)10-13-27-21(28)19(32-23(27)31)14-20-25-18(15-24)22(30-20)26-11-4-2-3-5-12-26/h6-9,14H,2-5,10-13H2,1H3/b19-14+. The van der Waals surface area contributed by atoms with Crippen LogP contribution in [0.15, 0.2) is 33.6 Å². The van der Waals surface area contributed by atoms with Crippen LogP contribution < -0.4 is 9.64 Å². The van der Waals surface area contributed by atoms with Gasteiger partial charge in [0.2, 0.25) is 17.5 Å². The van der Waals surface area contributed by atoms with Gasteiger partial charge in [-0.2, -0.15) is 10.2 Å². The zero-order valence-electron chi connectivity index (χ0n) is 17.9. The van der Waals surface area contributed by atoms with Gasteiger partial charge in [-0.15, -0.1) is 0 Å². The molecule has 2 saturated heterocycles. The van der Waals surface area contributed by atoms with Gasteiger partial charge in [0.15, 0.2) is 0 Å². The summed E-state index contributed by atoms with van der Waals surface area (Å²) in [5.41, 5.74) is 1.35. The molecule has 1 amide bonds. The molecule has 2 aliphatic rings. The van der Waals surface area contributed by atoms with E-state index in [0.29, 0.717) is 28.1 Å². The zero-order chi connectivity index (χ0) is 22.5. The number of carbonyl (C=O) groups excluding carboxylic acids is 1. The van der Waals surface area contributed by atoms with E-state index in [-0.39, 0.29) is 17.5 Å². The first-order valence-corrected chi connectivity index (χ1v) is 11.9. The second-order valence-electron chi connectivity index (χ2n) is 7.65. The van der Waals surface area contributed by atoms with Crippen LogP contribution in [-0.2, 0) is 11.2 Å². The fraction of sp³-hybridized carbons (Fsp3) is 0.391. The third-order valence-electron chi connectivity index (χ3n) is 5.54.